The average Bonchev–Trinajstić information content (AvgIpc) is 3.59. The SMILES string of the molecule is CCC1=C(C)c2cc3c(CC)c(C)c(cc4nc(cc5[n-]c(cc1n2)c(C)c5CCC(=O)O)C(CCC(=O)O)=C4C)n3C.[U+2]. The Morgan fingerprint density at radius 3 is 1.84 bits per heavy atom. The third kappa shape index (κ3) is 6.10. The van der Waals surface area contributed by atoms with Gasteiger partial charge in [-0.2, -0.15) is 0 Å². The Balaban J connectivity index is 0.00000442. The minimum atomic E-state index is -0.873. The van der Waals surface area contributed by atoms with Crippen molar-refractivity contribution in [2.24, 2.45) is 7.05 Å². The number of carbonyl (C=O) groups is 2. The number of hydrogen-bond donors (Lipinski definition) is 2. The van der Waals surface area contributed by atoms with Crippen molar-refractivity contribution in [3.05, 3.63) is 69.3 Å². The molecule has 0 unspecified atom stereocenters. The van der Waals surface area contributed by atoms with Crippen LogP contribution < -0.4 is 4.98 Å². The third-order valence-corrected chi connectivity index (χ3v) is 9.01. The normalized spacial score (nSPS) is 13.0. The van der Waals surface area contributed by atoms with E-state index in [4.69, 9.17) is 15.0 Å². The van der Waals surface area contributed by atoms with Gasteiger partial charge >= 0.3 is 43.1 Å². The van der Waals surface area contributed by atoms with Crippen molar-refractivity contribution >= 4 is 56.3 Å². The summed E-state index contributed by atoms with van der Waals surface area (Å²) in [5, 5.41) is 19.0. The van der Waals surface area contributed by atoms with Crippen molar-refractivity contribution in [3.8, 4) is 0 Å². The molecule has 2 aliphatic rings. The Morgan fingerprint density at radius 1 is 0.705 bits per heavy atom. The molecule has 0 saturated carbocycles. The molecule has 0 amide bonds. The third-order valence-electron chi connectivity index (χ3n) is 9.01. The molecule has 0 atom stereocenters. The van der Waals surface area contributed by atoms with Gasteiger partial charge in [0.1, 0.15) is 0 Å². The predicted octanol–water partition coefficient (Wildman–Crippen LogP) is 7.29. The zero-order valence-corrected chi connectivity index (χ0v) is 30.7. The number of aryl methyl sites for hydroxylation is 5. The second kappa shape index (κ2) is 13.3. The summed E-state index contributed by atoms with van der Waals surface area (Å²) < 4.78 is 2.20. The average molecular weight is 818 g/mol. The molecule has 8 bridgehead atoms. The molecular weight excluding hydrogens is 778 g/mol. The van der Waals surface area contributed by atoms with E-state index in [0.717, 1.165) is 74.3 Å². The molecule has 0 aromatic carbocycles. The van der Waals surface area contributed by atoms with E-state index in [1.54, 1.807) is 0 Å². The van der Waals surface area contributed by atoms with Gasteiger partial charge in [0.25, 0.3) is 0 Å². The van der Waals surface area contributed by atoms with Crippen LogP contribution in [0.4, 0.5) is 0 Å². The maximum absolute atomic E-state index is 11.6. The van der Waals surface area contributed by atoms with Gasteiger partial charge < -0.3 is 19.8 Å². The van der Waals surface area contributed by atoms with Gasteiger partial charge in [0.05, 0.1) is 22.8 Å². The van der Waals surface area contributed by atoms with E-state index in [2.05, 4.69) is 51.4 Å². The van der Waals surface area contributed by atoms with Crippen molar-refractivity contribution in [2.75, 3.05) is 0 Å². The summed E-state index contributed by atoms with van der Waals surface area (Å²) in [4.78, 5) is 38.3. The summed E-state index contributed by atoms with van der Waals surface area (Å²) in [6.07, 6.45) is 2.31. The van der Waals surface area contributed by atoms with Crippen LogP contribution in [0.25, 0.3) is 44.4 Å². The van der Waals surface area contributed by atoms with Crippen LogP contribution in [0.2, 0.25) is 0 Å². The number of fused-ring (bicyclic) bond motifs is 8. The van der Waals surface area contributed by atoms with Crippen LogP contribution in [-0.2, 0) is 29.5 Å². The van der Waals surface area contributed by atoms with Crippen LogP contribution >= 0.6 is 0 Å². The number of carboxylic acids is 2. The number of carboxylic acid groups (broad SMARTS) is 2. The van der Waals surface area contributed by atoms with Crippen molar-refractivity contribution in [3.63, 3.8) is 0 Å². The predicted molar refractivity (Wildman–Crippen MR) is 172 cm³/mol. The van der Waals surface area contributed by atoms with Crippen LogP contribution in [0.3, 0.4) is 0 Å². The smallest absolute Gasteiger partial charge is 0.657 e. The van der Waals surface area contributed by atoms with Gasteiger partial charge in [0.15, 0.2) is 0 Å². The number of allylic oxidation sites excluding steroid dienone is 4. The fraction of sp³-hybridized carbons (Fsp3) is 0.371. The standard InChI is InChI=1S/C35H40N4O4.U/c1-8-22-18(3)28-17-33-23(9-2)21(6)32(39(33)7)16-27-20(5)25(11-13-35(42)43)31(38-27)15-30-24(10-12-34(40)41)19(4)26(36-30)14-29(22)37-28;/h14-17H,8-13H2,1-7H3,(H3,36,37,38,40,41,42,43);/q;+2/p-1. The minimum Gasteiger partial charge on any atom is -0.657 e. The molecule has 9 heteroatoms. The number of aromatic nitrogens is 4. The molecule has 3 aromatic heterocycles. The first-order valence-corrected chi connectivity index (χ1v) is 14.9. The van der Waals surface area contributed by atoms with Gasteiger partial charge in [0.2, 0.25) is 0 Å². The Labute approximate surface area is 281 Å². The molecule has 5 rings (SSSR count). The van der Waals surface area contributed by atoms with Crippen molar-refractivity contribution in [2.45, 2.75) is 80.1 Å². The molecule has 5 heterocycles. The summed E-state index contributed by atoms with van der Waals surface area (Å²) >= 11 is 0. The largest absolute Gasteiger partial charge is 2.00 e. The quantitative estimate of drug-likeness (QED) is 0.245. The van der Waals surface area contributed by atoms with Crippen LogP contribution in [0.15, 0.2) is 24.3 Å². The Hall–Kier alpha value is -3.41. The van der Waals surface area contributed by atoms with Crippen LogP contribution in [0.5, 0.6) is 0 Å². The van der Waals surface area contributed by atoms with Crippen molar-refractivity contribution in [1.82, 2.24) is 19.5 Å². The molecule has 0 aliphatic carbocycles. The van der Waals surface area contributed by atoms with Gasteiger partial charge in [-0.15, -0.1) is 11.0 Å². The second-order valence-corrected chi connectivity index (χ2v) is 11.5. The van der Waals surface area contributed by atoms with E-state index in [1.807, 2.05) is 26.0 Å². The molecule has 44 heavy (non-hydrogen) atoms. The molecule has 0 fully saturated rings. The molecule has 0 saturated heterocycles. The molecule has 0 spiro atoms. The molecule has 2 N–H and O–H groups in total. The maximum atomic E-state index is 11.6. The van der Waals surface area contributed by atoms with Gasteiger partial charge in [-0.25, -0.2) is 9.97 Å². The Bertz CT molecular complexity index is 1910. The van der Waals surface area contributed by atoms with Crippen LogP contribution in [-0.4, -0.2) is 36.7 Å². The van der Waals surface area contributed by atoms with Crippen LogP contribution in [0.1, 0.15) is 98.4 Å². The molecule has 0 radical (unpaired) electrons. The van der Waals surface area contributed by atoms with E-state index in [0.29, 0.717) is 24.1 Å². The monoisotopic (exact) mass is 817 g/mol. The second-order valence-electron chi connectivity index (χ2n) is 11.5. The summed E-state index contributed by atoms with van der Waals surface area (Å²) in [6.45, 7) is 12.5. The van der Waals surface area contributed by atoms with E-state index >= 15 is 0 Å². The van der Waals surface area contributed by atoms with Crippen molar-refractivity contribution < 1.29 is 50.9 Å². The summed E-state index contributed by atoms with van der Waals surface area (Å²) in [5.41, 5.74) is 15.2. The maximum Gasteiger partial charge on any atom is 2.00 e. The van der Waals surface area contributed by atoms with E-state index in [-0.39, 0.29) is 44.0 Å². The van der Waals surface area contributed by atoms with Gasteiger partial charge in [0, 0.05) is 30.9 Å². The summed E-state index contributed by atoms with van der Waals surface area (Å²) in [6, 6.07) is 8.19. The molecule has 3 aromatic rings. The van der Waals surface area contributed by atoms with E-state index in [9.17, 15) is 19.8 Å². The summed E-state index contributed by atoms with van der Waals surface area (Å²) in [7, 11) is 2.07. The fourth-order valence-electron chi connectivity index (χ4n) is 6.49. The number of nitrogens with zero attached hydrogens (tertiary/aromatic N) is 4. The zero-order valence-electron chi connectivity index (χ0n) is 26.6. The molecular formula is C35H39N4O4U+. The first-order chi connectivity index (χ1) is 20.4. The summed E-state index contributed by atoms with van der Waals surface area (Å²) in [5.74, 6) is -1.74. The first-order valence-electron chi connectivity index (χ1n) is 14.9. The zero-order chi connectivity index (χ0) is 31.2. The van der Waals surface area contributed by atoms with Gasteiger partial charge in [-0.3, -0.25) is 9.59 Å². The minimum absolute atomic E-state index is 0. The molecule has 8 nitrogen and oxygen atoms in total. The number of aliphatic carboxylic acids is 2. The van der Waals surface area contributed by atoms with Gasteiger partial charge in [-0.1, -0.05) is 37.1 Å². The van der Waals surface area contributed by atoms with Crippen LogP contribution in [0, 0.1) is 45.0 Å². The number of hydrogen-bond acceptors (Lipinski definition) is 4. The number of rotatable bonds is 8. The van der Waals surface area contributed by atoms with Gasteiger partial charge in [-0.05, 0) is 98.9 Å². The Kier molecular flexibility index (Phi) is 10.1. The molecule has 226 valence electrons. The van der Waals surface area contributed by atoms with E-state index in [1.165, 1.54) is 16.7 Å². The van der Waals surface area contributed by atoms with E-state index < -0.39 is 11.9 Å². The fourth-order valence-corrected chi connectivity index (χ4v) is 6.49. The first kappa shape index (κ1) is 33.5. The Morgan fingerprint density at radius 2 is 1.25 bits per heavy atom. The molecule has 2 aliphatic heterocycles. The van der Waals surface area contributed by atoms with Crippen molar-refractivity contribution in [1.29, 1.82) is 0 Å². The topological polar surface area (TPSA) is 119 Å².